The van der Waals surface area contributed by atoms with Gasteiger partial charge in [-0.2, -0.15) is 0 Å². The van der Waals surface area contributed by atoms with E-state index in [0.29, 0.717) is 16.6 Å². The minimum absolute atomic E-state index is 0.00325. The number of aliphatic hydroxyl groups excluding tert-OH is 1. The van der Waals surface area contributed by atoms with Gasteiger partial charge < -0.3 is 15.6 Å². The molecule has 0 aliphatic carbocycles. The van der Waals surface area contributed by atoms with E-state index in [1.165, 1.54) is 19.2 Å². The van der Waals surface area contributed by atoms with E-state index in [9.17, 15) is 8.42 Å². The molecule has 0 bridgehead atoms. The molecule has 4 N–H and O–H groups in total. The number of rotatable bonds is 7. The topological polar surface area (TPSA) is 102 Å². The van der Waals surface area contributed by atoms with Crippen LogP contribution < -0.4 is 15.2 Å². The van der Waals surface area contributed by atoms with Crippen LogP contribution in [0.1, 0.15) is 20.3 Å². The molecule has 0 unspecified atom stereocenters. The fraction of sp³-hybridized carbons (Fsp3) is 0.538. The normalized spacial score (nSPS) is 12.4. The summed E-state index contributed by atoms with van der Waals surface area (Å²) in [4.78, 5) is -0.00880. The molecule has 0 fully saturated rings. The second-order valence-electron chi connectivity index (χ2n) is 5.49. The minimum Gasteiger partial charge on any atom is -0.495 e. The monoisotopic (exact) mass is 380 g/mol. The molecule has 0 saturated carbocycles. The summed E-state index contributed by atoms with van der Waals surface area (Å²) in [7, 11) is -2.36. The van der Waals surface area contributed by atoms with Gasteiger partial charge >= 0.3 is 0 Å². The number of aliphatic hydroxyl groups is 1. The molecule has 0 amide bonds. The van der Waals surface area contributed by atoms with E-state index in [-0.39, 0.29) is 29.2 Å². The molecule has 0 heterocycles. The van der Waals surface area contributed by atoms with Gasteiger partial charge in [-0.05, 0) is 39.9 Å². The van der Waals surface area contributed by atoms with E-state index in [4.69, 9.17) is 15.6 Å². The minimum atomic E-state index is -3.75. The van der Waals surface area contributed by atoms with Crippen molar-refractivity contribution < 1.29 is 18.3 Å². The van der Waals surface area contributed by atoms with Crippen molar-refractivity contribution in [3.05, 3.63) is 16.6 Å². The number of nitrogens with two attached hydrogens (primary N) is 1. The summed E-state index contributed by atoms with van der Waals surface area (Å²) in [5.41, 5.74) is 5.70. The van der Waals surface area contributed by atoms with Gasteiger partial charge in [-0.15, -0.1) is 0 Å². The smallest absolute Gasteiger partial charge is 0.244 e. The number of nitrogen functional groups attached to an aromatic ring is 1. The van der Waals surface area contributed by atoms with Gasteiger partial charge in [-0.1, -0.05) is 13.8 Å². The van der Waals surface area contributed by atoms with Crippen molar-refractivity contribution in [1.82, 2.24) is 4.72 Å². The second kappa shape index (κ2) is 6.95. The summed E-state index contributed by atoms with van der Waals surface area (Å²) in [5.74, 6) is 0.212. The Morgan fingerprint density at radius 1 is 1.43 bits per heavy atom. The van der Waals surface area contributed by atoms with Crippen LogP contribution in [0.5, 0.6) is 5.75 Å². The number of nitrogens with one attached hydrogen (secondary N) is 1. The standard InChI is InChI=1S/C13H21BrN2O4S/c1-13(2,4-5-17)8-16-21(18,19)12-7-10(15)9(14)6-11(12)20-3/h6-7,16-17H,4-5,8,15H2,1-3H3. The van der Waals surface area contributed by atoms with Gasteiger partial charge in [-0.3, -0.25) is 0 Å². The van der Waals surface area contributed by atoms with Crippen molar-refractivity contribution in [3.8, 4) is 5.75 Å². The van der Waals surface area contributed by atoms with E-state index in [1.807, 2.05) is 13.8 Å². The van der Waals surface area contributed by atoms with E-state index in [1.54, 1.807) is 0 Å². The van der Waals surface area contributed by atoms with Crippen LogP contribution in [-0.4, -0.2) is 33.8 Å². The molecular weight excluding hydrogens is 360 g/mol. The Hall–Kier alpha value is -0.830. The molecule has 21 heavy (non-hydrogen) atoms. The van der Waals surface area contributed by atoms with Crippen molar-refractivity contribution >= 4 is 31.6 Å². The fourth-order valence-electron chi connectivity index (χ4n) is 1.68. The van der Waals surface area contributed by atoms with Crippen LogP contribution in [0.15, 0.2) is 21.5 Å². The Morgan fingerprint density at radius 3 is 2.57 bits per heavy atom. The van der Waals surface area contributed by atoms with Gasteiger partial charge in [0.2, 0.25) is 10.0 Å². The lowest BCUT2D eigenvalue weighted by Crippen LogP contribution is -2.34. The van der Waals surface area contributed by atoms with Crippen molar-refractivity contribution in [3.63, 3.8) is 0 Å². The van der Waals surface area contributed by atoms with Crippen LogP contribution in [-0.2, 0) is 10.0 Å². The molecule has 6 nitrogen and oxygen atoms in total. The molecule has 0 aromatic heterocycles. The summed E-state index contributed by atoms with van der Waals surface area (Å²) < 4.78 is 33.0. The van der Waals surface area contributed by atoms with Crippen molar-refractivity contribution in [2.24, 2.45) is 5.41 Å². The zero-order valence-corrected chi connectivity index (χ0v) is 14.7. The zero-order valence-electron chi connectivity index (χ0n) is 12.3. The predicted octanol–water partition coefficient (Wildman–Crippen LogP) is 1.73. The third kappa shape index (κ3) is 4.84. The molecule has 0 atom stereocenters. The van der Waals surface area contributed by atoms with Crippen LogP contribution in [0.4, 0.5) is 5.69 Å². The summed E-state index contributed by atoms with van der Waals surface area (Å²) in [6.07, 6.45) is 0.495. The first-order chi connectivity index (χ1) is 9.63. The quantitative estimate of drug-likeness (QED) is 0.625. The molecule has 0 saturated heterocycles. The molecule has 120 valence electrons. The van der Waals surface area contributed by atoms with E-state index in [2.05, 4.69) is 20.7 Å². The Morgan fingerprint density at radius 2 is 2.05 bits per heavy atom. The predicted molar refractivity (Wildman–Crippen MR) is 85.8 cm³/mol. The molecule has 0 spiro atoms. The van der Waals surface area contributed by atoms with E-state index >= 15 is 0 Å². The molecule has 1 aromatic rings. The summed E-state index contributed by atoms with van der Waals surface area (Å²) >= 11 is 3.23. The van der Waals surface area contributed by atoms with Crippen LogP contribution >= 0.6 is 15.9 Å². The van der Waals surface area contributed by atoms with Crippen molar-refractivity contribution in [1.29, 1.82) is 0 Å². The summed E-state index contributed by atoms with van der Waals surface area (Å²) in [6.45, 7) is 3.95. The van der Waals surface area contributed by atoms with Crippen molar-refractivity contribution in [2.45, 2.75) is 25.2 Å². The maximum Gasteiger partial charge on any atom is 0.244 e. The summed E-state index contributed by atoms with van der Waals surface area (Å²) in [6, 6.07) is 2.87. The third-order valence-electron chi connectivity index (χ3n) is 3.10. The number of halogens is 1. The van der Waals surface area contributed by atoms with Gasteiger partial charge in [0, 0.05) is 23.3 Å². The SMILES string of the molecule is COc1cc(Br)c(N)cc1S(=O)(=O)NCC(C)(C)CCO. The second-order valence-corrected chi connectivity index (χ2v) is 8.08. The highest BCUT2D eigenvalue weighted by atomic mass is 79.9. The largest absolute Gasteiger partial charge is 0.495 e. The number of methoxy groups -OCH3 is 1. The lowest BCUT2D eigenvalue weighted by atomic mass is 9.90. The van der Waals surface area contributed by atoms with Gasteiger partial charge in [0.25, 0.3) is 0 Å². The Labute approximate surface area is 133 Å². The number of ether oxygens (including phenoxy) is 1. The molecule has 8 heteroatoms. The fourth-order valence-corrected chi connectivity index (χ4v) is 3.43. The average Bonchev–Trinajstić information content (AvgIpc) is 2.39. The van der Waals surface area contributed by atoms with Crippen LogP contribution in [0, 0.1) is 5.41 Å². The Kier molecular flexibility index (Phi) is 6.03. The molecular formula is C13H21BrN2O4S. The van der Waals surface area contributed by atoms with Crippen molar-refractivity contribution in [2.75, 3.05) is 26.0 Å². The molecule has 1 rings (SSSR count). The third-order valence-corrected chi connectivity index (χ3v) is 5.21. The molecule has 0 radical (unpaired) electrons. The number of sulfonamides is 1. The number of anilines is 1. The maximum atomic E-state index is 12.4. The highest BCUT2D eigenvalue weighted by Gasteiger charge is 2.25. The Balaban J connectivity index is 3.06. The first-order valence-corrected chi connectivity index (χ1v) is 8.64. The highest BCUT2D eigenvalue weighted by molar-refractivity contribution is 9.10. The molecule has 0 aliphatic heterocycles. The van der Waals surface area contributed by atoms with Gasteiger partial charge in [-0.25, -0.2) is 13.1 Å². The summed E-state index contributed by atoms with van der Waals surface area (Å²) in [5, 5.41) is 8.98. The van der Waals surface area contributed by atoms with E-state index in [0.717, 1.165) is 0 Å². The average molecular weight is 381 g/mol. The first-order valence-electron chi connectivity index (χ1n) is 6.36. The van der Waals surface area contributed by atoms with Gasteiger partial charge in [0.05, 0.1) is 7.11 Å². The molecule has 0 aliphatic rings. The zero-order chi connectivity index (χ0) is 16.3. The van der Waals surface area contributed by atoms with Crippen LogP contribution in [0.2, 0.25) is 0 Å². The Bertz CT molecular complexity index is 602. The lowest BCUT2D eigenvalue weighted by molar-refractivity contribution is 0.213. The van der Waals surface area contributed by atoms with Gasteiger partial charge in [0.1, 0.15) is 10.6 Å². The highest BCUT2D eigenvalue weighted by Crippen LogP contribution is 2.32. The van der Waals surface area contributed by atoms with Gasteiger partial charge in [0.15, 0.2) is 0 Å². The number of benzene rings is 1. The maximum absolute atomic E-state index is 12.4. The number of hydrogen-bond donors (Lipinski definition) is 3. The van der Waals surface area contributed by atoms with Crippen LogP contribution in [0.3, 0.4) is 0 Å². The lowest BCUT2D eigenvalue weighted by Gasteiger charge is -2.24. The number of hydrogen-bond acceptors (Lipinski definition) is 5. The first kappa shape index (κ1) is 18.2. The molecule has 1 aromatic carbocycles. The van der Waals surface area contributed by atoms with Crippen LogP contribution in [0.25, 0.3) is 0 Å². The van der Waals surface area contributed by atoms with E-state index < -0.39 is 10.0 Å².